The molecule has 0 bridgehead atoms. The lowest BCUT2D eigenvalue weighted by atomic mass is 9.84. The zero-order valence-electron chi connectivity index (χ0n) is 27.7. The highest BCUT2D eigenvalue weighted by Gasteiger charge is 2.19. The Morgan fingerprint density at radius 3 is 1.49 bits per heavy atom. The Balaban J connectivity index is 1.12. The molecule has 0 aliphatic carbocycles. The minimum Gasteiger partial charge on any atom is -0.455 e. The second kappa shape index (κ2) is 10.9. The van der Waals surface area contributed by atoms with Crippen LogP contribution in [0.3, 0.4) is 0 Å². The highest BCUT2D eigenvalue weighted by Crippen LogP contribution is 2.46. The lowest BCUT2D eigenvalue weighted by molar-refractivity contribution is 0.673. The zero-order chi connectivity index (χ0) is 33.5. The van der Waals surface area contributed by atoms with E-state index in [4.69, 9.17) is 4.42 Å². The van der Waals surface area contributed by atoms with Crippen molar-refractivity contribution in [3.63, 3.8) is 0 Å². The van der Waals surface area contributed by atoms with Crippen molar-refractivity contribution < 1.29 is 4.42 Å². The Morgan fingerprint density at radius 2 is 0.784 bits per heavy atom. The maximum atomic E-state index is 6.51. The molecule has 1 aromatic heterocycles. The van der Waals surface area contributed by atoms with Crippen LogP contribution in [0.5, 0.6) is 0 Å². The maximum absolute atomic E-state index is 6.51. The highest BCUT2D eigenvalue weighted by atomic mass is 16.3. The summed E-state index contributed by atoms with van der Waals surface area (Å²) >= 11 is 0. The van der Waals surface area contributed by atoms with Gasteiger partial charge in [0.25, 0.3) is 0 Å². The van der Waals surface area contributed by atoms with Crippen LogP contribution in [0.1, 0.15) is 0 Å². The van der Waals surface area contributed by atoms with Gasteiger partial charge in [0, 0.05) is 16.2 Å². The normalized spacial score (nSPS) is 11.9. The fourth-order valence-corrected chi connectivity index (χ4v) is 8.60. The van der Waals surface area contributed by atoms with Crippen molar-refractivity contribution in [1.82, 2.24) is 0 Å². The zero-order valence-corrected chi connectivity index (χ0v) is 27.7. The maximum Gasteiger partial charge on any atom is 0.143 e. The molecule has 0 spiro atoms. The molecule has 0 fully saturated rings. The SMILES string of the molecule is c1ccc2c(c1)ccc1c(-c3c4ccccc4c(-c4ccc(-c5cccc6oc7c8ccccc8ccc7c56)cc4)c4ccccc34)cccc12. The van der Waals surface area contributed by atoms with E-state index in [2.05, 4.69) is 182 Å². The van der Waals surface area contributed by atoms with Gasteiger partial charge in [0.2, 0.25) is 0 Å². The van der Waals surface area contributed by atoms with Gasteiger partial charge in [-0.2, -0.15) is 0 Å². The third kappa shape index (κ3) is 4.16. The molecule has 1 heteroatoms. The number of fused-ring (bicyclic) bond motifs is 10. The summed E-state index contributed by atoms with van der Waals surface area (Å²) in [4.78, 5) is 0. The molecule has 0 radical (unpaired) electrons. The largest absolute Gasteiger partial charge is 0.455 e. The van der Waals surface area contributed by atoms with Crippen molar-refractivity contribution >= 4 is 75.8 Å². The standard InChI is InChI=1S/C50H30O/c1-3-13-35-31(11-1)27-29-39-38(35)20-9-21-40(39)48-43-17-7-5-15-41(43)47(42-16-6-8-18-44(42)48)34-25-23-33(24-26-34)36-19-10-22-46-49(36)45-30-28-32-12-2-4-14-37(32)50(45)51-46/h1-30H. The Kier molecular flexibility index (Phi) is 6.02. The summed E-state index contributed by atoms with van der Waals surface area (Å²) in [5.41, 5.74) is 9.24. The van der Waals surface area contributed by atoms with Crippen LogP contribution in [-0.2, 0) is 0 Å². The minimum absolute atomic E-state index is 0.914. The average molecular weight is 647 g/mol. The second-order valence-corrected chi connectivity index (χ2v) is 13.6. The molecule has 0 amide bonds. The van der Waals surface area contributed by atoms with E-state index in [1.54, 1.807) is 0 Å². The predicted molar refractivity (Wildman–Crippen MR) is 218 cm³/mol. The van der Waals surface area contributed by atoms with E-state index in [0.717, 1.165) is 27.3 Å². The van der Waals surface area contributed by atoms with Gasteiger partial charge in [0.1, 0.15) is 11.2 Å². The van der Waals surface area contributed by atoms with Gasteiger partial charge in [-0.25, -0.2) is 0 Å². The Labute approximate surface area is 294 Å². The Hall–Kier alpha value is -6.70. The molecule has 0 aliphatic rings. The lowest BCUT2D eigenvalue weighted by Gasteiger charge is -2.19. The first-order valence-corrected chi connectivity index (χ1v) is 17.6. The summed E-state index contributed by atoms with van der Waals surface area (Å²) in [5.74, 6) is 0. The summed E-state index contributed by atoms with van der Waals surface area (Å²) in [6, 6.07) is 66.3. The van der Waals surface area contributed by atoms with Crippen LogP contribution >= 0.6 is 0 Å². The Morgan fingerprint density at radius 1 is 0.275 bits per heavy atom. The molecule has 0 saturated heterocycles. The predicted octanol–water partition coefficient (Wildman–Crippen LogP) is 14.4. The van der Waals surface area contributed by atoms with Gasteiger partial charge in [0.15, 0.2) is 0 Å². The van der Waals surface area contributed by atoms with Crippen LogP contribution in [0.2, 0.25) is 0 Å². The van der Waals surface area contributed by atoms with E-state index < -0.39 is 0 Å². The summed E-state index contributed by atoms with van der Waals surface area (Å²) in [5, 5.41) is 14.8. The molecular formula is C50H30O. The van der Waals surface area contributed by atoms with Crippen molar-refractivity contribution in [2.75, 3.05) is 0 Å². The van der Waals surface area contributed by atoms with E-state index in [9.17, 15) is 0 Å². The van der Waals surface area contributed by atoms with Crippen LogP contribution in [-0.4, -0.2) is 0 Å². The van der Waals surface area contributed by atoms with Crippen molar-refractivity contribution in [2.45, 2.75) is 0 Å². The summed E-state index contributed by atoms with van der Waals surface area (Å²) in [6.45, 7) is 0. The summed E-state index contributed by atoms with van der Waals surface area (Å²) < 4.78 is 6.51. The molecular weight excluding hydrogens is 617 g/mol. The quantitative estimate of drug-likeness (QED) is 0.138. The van der Waals surface area contributed by atoms with Crippen LogP contribution in [0.4, 0.5) is 0 Å². The molecule has 11 aromatic rings. The first kappa shape index (κ1) is 28.2. The van der Waals surface area contributed by atoms with E-state index in [-0.39, 0.29) is 0 Å². The molecule has 51 heavy (non-hydrogen) atoms. The van der Waals surface area contributed by atoms with Gasteiger partial charge in [-0.1, -0.05) is 170 Å². The molecule has 1 nitrogen and oxygen atoms in total. The van der Waals surface area contributed by atoms with E-state index >= 15 is 0 Å². The van der Waals surface area contributed by atoms with Gasteiger partial charge in [0.05, 0.1) is 0 Å². The monoisotopic (exact) mass is 646 g/mol. The smallest absolute Gasteiger partial charge is 0.143 e. The van der Waals surface area contributed by atoms with Gasteiger partial charge < -0.3 is 4.42 Å². The lowest BCUT2D eigenvalue weighted by Crippen LogP contribution is -1.92. The average Bonchev–Trinajstić information content (AvgIpc) is 3.59. The van der Waals surface area contributed by atoms with E-state index in [0.29, 0.717) is 0 Å². The van der Waals surface area contributed by atoms with Gasteiger partial charge in [-0.15, -0.1) is 0 Å². The molecule has 0 unspecified atom stereocenters. The van der Waals surface area contributed by atoms with Crippen molar-refractivity contribution in [3.8, 4) is 33.4 Å². The molecule has 0 saturated carbocycles. The molecule has 10 aromatic carbocycles. The Bertz CT molecular complexity index is 3120. The molecule has 0 atom stereocenters. The van der Waals surface area contributed by atoms with Crippen molar-refractivity contribution in [2.24, 2.45) is 0 Å². The first-order valence-electron chi connectivity index (χ1n) is 17.6. The fraction of sp³-hybridized carbons (Fsp3) is 0. The molecule has 1 heterocycles. The van der Waals surface area contributed by atoms with Gasteiger partial charge in [-0.05, 0) is 94.0 Å². The number of benzene rings is 10. The van der Waals surface area contributed by atoms with Crippen molar-refractivity contribution in [3.05, 3.63) is 182 Å². The van der Waals surface area contributed by atoms with E-state index in [1.807, 2.05) is 0 Å². The highest BCUT2D eigenvalue weighted by molar-refractivity contribution is 6.25. The molecule has 0 N–H and O–H groups in total. The third-order valence-electron chi connectivity index (χ3n) is 10.9. The van der Waals surface area contributed by atoms with E-state index in [1.165, 1.54) is 81.9 Å². The fourth-order valence-electron chi connectivity index (χ4n) is 8.60. The third-order valence-corrected chi connectivity index (χ3v) is 10.9. The number of hydrogen-bond acceptors (Lipinski definition) is 1. The number of furan rings is 1. The topological polar surface area (TPSA) is 13.1 Å². The minimum atomic E-state index is 0.914. The van der Waals surface area contributed by atoms with Gasteiger partial charge in [-0.3, -0.25) is 0 Å². The first-order chi connectivity index (χ1) is 25.3. The van der Waals surface area contributed by atoms with Crippen molar-refractivity contribution in [1.29, 1.82) is 0 Å². The molecule has 236 valence electrons. The summed E-state index contributed by atoms with van der Waals surface area (Å²) in [6.07, 6.45) is 0. The van der Waals surface area contributed by atoms with Crippen LogP contribution in [0.15, 0.2) is 186 Å². The number of hydrogen-bond donors (Lipinski definition) is 0. The molecule has 11 rings (SSSR count). The van der Waals surface area contributed by atoms with Crippen LogP contribution < -0.4 is 0 Å². The van der Waals surface area contributed by atoms with Gasteiger partial charge >= 0.3 is 0 Å². The second-order valence-electron chi connectivity index (χ2n) is 13.6. The van der Waals surface area contributed by atoms with Crippen LogP contribution in [0, 0.1) is 0 Å². The molecule has 0 aliphatic heterocycles. The van der Waals surface area contributed by atoms with Crippen LogP contribution in [0.25, 0.3) is 109 Å². The number of rotatable bonds is 3. The summed E-state index contributed by atoms with van der Waals surface area (Å²) in [7, 11) is 0.